The Morgan fingerprint density at radius 2 is 1.00 bits per heavy atom. The van der Waals surface area contributed by atoms with Crippen molar-refractivity contribution in [3.05, 3.63) is 179 Å². The van der Waals surface area contributed by atoms with Gasteiger partial charge in [0.2, 0.25) is 5.91 Å². The lowest BCUT2D eigenvalue weighted by molar-refractivity contribution is -0.351. The lowest BCUT2D eigenvalue weighted by atomic mass is 9.94. The number of ether oxygens (including phenoxy) is 9. The van der Waals surface area contributed by atoms with Gasteiger partial charge >= 0.3 is 11.9 Å². The third kappa shape index (κ3) is 12.3. The maximum atomic E-state index is 14.2. The Labute approximate surface area is 372 Å². The first kappa shape index (κ1) is 46.2. The van der Waals surface area contributed by atoms with E-state index in [1.165, 1.54) is 14.0 Å². The predicted octanol–water partition coefficient (Wildman–Crippen LogP) is 5.69. The molecule has 2 aliphatic rings. The molecule has 1 amide bonds. The molecule has 2 saturated heterocycles. The molecule has 2 heterocycles. The summed E-state index contributed by atoms with van der Waals surface area (Å²) < 4.78 is 57.7. The SMILES string of the molecule is COC(=O)[C@H]1O[C@@H](O[C@@H]2[C@@H](NC(C)=O)[C@H](OCc3ccccc3)O[C@H](CO)[C@@H]2OCc2ccccc2)[C@H](OC(=O)c2ccccc2)[C@@H](OCc2ccccc2)[C@@H]1OCc1ccccc1. The molecule has 14 nitrogen and oxygen atoms in total. The van der Waals surface area contributed by atoms with Crippen LogP contribution in [0.4, 0.5) is 0 Å². The van der Waals surface area contributed by atoms with Crippen molar-refractivity contribution in [3.8, 4) is 0 Å². The predicted molar refractivity (Wildman–Crippen MR) is 231 cm³/mol. The largest absolute Gasteiger partial charge is 0.467 e. The Kier molecular flexibility index (Phi) is 16.8. The molecule has 0 unspecified atom stereocenters. The first-order valence-electron chi connectivity index (χ1n) is 21.1. The number of esters is 2. The average Bonchev–Trinajstić information content (AvgIpc) is 3.34. The van der Waals surface area contributed by atoms with Crippen LogP contribution in [-0.4, -0.2) is 98.0 Å². The molecule has 0 spiro atoms. The minimum Gasteiger partial charge on any atom is -0.467 e. The monoisotopic (exact) mass is 875 g/mol. The van der Waals surface area contributed by atoms with Crippen LogP contribution in [0.25, 0.3) is 0 Å². The second-order valence-corrected chi connectivity index (χ2v) is 15.3. The summed E-state index contributed by atoms with van der Waals surface area (Å²) in [5.41, 5.74) is 3.42. The van der Waals surface area contributed by atoms with Gasteiger partial charge < -0.3 is 53.1 Å². The van der Waals surface area contributed by atoms with E-state index in [9.17, 15) is 19.5 Å². The molecule has 2 fully saturated rings. The van der Waals surface area contributed by atoms with Crippen molar-refractivity contribution in [1.82, 2.24) is 5.32 Å². The number of aliphatic hydroxyl groups is 1. The van der Waals surface area contributed by atoms with E-state index < -0.39 is 85.8 Å². The van der Waals surface area contributed by atoms with Gasteiger partial charge in [0.1, 0.15) is 36.6 Å². The second kappa shape index (κ2) is 23.2. The summed E-state index contributed by atoms with van der Waals surface area (Å²) >= 11 is 0. The van der Waals surface area contributed by atoms with Crippen LogP contribution in [0.1, 0.15) is 39.5 Å². The highest BCUT2D eigenvalue weighted by molar-refractivity contribution is 5.89. The number of aliphatic hydroxyl groups excluding tert-OH is 1. The first-order valence-corrected chi connectivity index (χ1v) is 21.1. The lowest BCUT2D eigenvalue weighted by Gasteiger charge is -2.49. The van der Waals surface area contributed by atoms with Crippen LogP contribution in [0.2, 0.25) is 0 Å². The summed E-state index contributed by atoms with van der Waals surface area (Å²) in [6.45, 7) is 0.941. The second-order valence-electron chi connectivity index (χ2n) is 15.3. The number of methoxy groups -OCH3 is 1. The minimum atomic E-state index is -1.62. The molecule has 14 heteroatoms. The van der Waals surface area contributed by atoms with E-state index in [1.54, 1.807) is 30.3 Å². The third-order valence-corrected chi connectivity index (χ3v) is 10.8. The summed E-state index contributed by atoms with van der Waals surface area (Å²) in [4.78, 5) is 41.1. The van der Waals surface area contributed by atoms with Crippen molar-refractivity contribution in [2.75, 3.05) is 13.7 Å². The zero-order valence-corrected chi connectivity index (χ0v) is 35.6. The normalized spacial score (nSPS) is 25.5. The molecule has 5 aromatic rings. The summed E-state index contributed by atoms with van der Waals surface area (Å²) in [5.74, 6) is -2.01. The van der Waals surface area contributed by atoms with Crippen LogP contribution in [0.3, 0.4) is 0 Å². The number of carbonyl (C=O) groups excluding carboxylic acids is 3. The van der Waals surface area contributed by atoms with E-state index in [0.29, 0.717) is 0 Å². The van der Waals surface area contributed by atoms with Gasteiger partial charge in [-0.05, 0) is 34.4 Å². The number of rotatable bonds is 19. The lowest BCUT2D eigenvalue weighted by Crippen LogP contribution is -2.69. The van der Waals surface area contributed by atoms with Gasteiger partial charge in [-0.25, -0.2) is 9.59 Å². The van der Waals surface area contributed by atoms with E-state index in [2.05, 4.69) is 5.32 Å². The van der Waals surface area contributed by atoms with E-state index in [0.717, 1.165) is 22.3 Å². The quantitative estimate of drug-likeness (QED) is 0.0974. The van der Waals surface area contributed by atoms with E-state index in [-0.39, 0.29) is 32.0 Å². The summed E-state index contributed by atoms with van der Waals surface area (Å²) in [6, 6.07) is 44.6. The van der Waals surface area contributed by atoms with Gasteiger partial charge in [0, 0.05) is 6.92 Å². The van der Waals surface area contributed by atoms with Crippen LogP contribution in [-0.2, 0) is 78.6 Å². The van der Waals surface area contributed by atoms with Crippen LogP contribution < -0.4 is 5.32 Å². The fourth-order valence-corrected chi connectivity index (χ4v) is 7.64. The van der Waals surface area contributed by atoms with Gasteiger partial charge in [-0.15, -0.1) is 0 Å². The zero-order valence-electron chi connectivity index (χ0n) is 35.6. The Bertz CT molecular complexity index is 2180. The van der Waals surface area contributed by atoms with E-state index in [4.69, 9.17) is 42.6 Å². The number of hydrogen-bond donors (Lipinski definition) is 2. The van der Waals surface area contributed by atoms with Crippen molar-refractivity contribution in [1.29, 1.82) is 0 Å². The average molecular weight is 876 g/mol. The molecular weight excluding hydrogens is 823 g/mol. The molecular formula is C50H53NO13. The summed E-state index contributed by atoms with van der Waals surface area (Å²) in [6.07, 6.45) is -11.7. The molecule has 0 radical (unpaired) electrons. The number of amides is 1. The van der Waals surface area contributed by atoms with Crippen molar-refractivity contribution in [2.24, 2.45) is 0 Å². The summed E-state index contributed by atoms with van der Waals surface area (Å²) in [5, 5.41) is 13.8. The Hall–Kier alpha value is -5.81. The van der Waals surface area contributed by atoms with E-state index >= 15 is 0 Å². The fourth-order valence-electron chi connectivity index (χ4n) is 7.64. The van der Waals surface area contributed by atoms with Gasteiger partial charge in [0.15, 0.2) is 24.8 Å². The Morgan fingerprint density at radius 1 is 0.547 bits per heavy atom. The number of benzene rings is 5. The third-order valence-electron chi connectivity index (χ3n) is 10.8. The molecule has 5 aromatic carbocycles. The molecule has 2 N–H and O–H groups in total. The highest BCUT2D eigenvalue weighted by Gasteiger charge is 2.57. The molecule has 0 bridgehead atoms. The van der Waals surface area contributed by atoms with Crippen LogP contribution >= 0.6 is 0 Å². The van der Waals surface area contributed by atoms with Crippen molar-refractivity contribution < 1.29 is 62.1 Å². The van der Waals surface area contributed by atoms with Crippen LogP contribution in [0, 0.1) is 0 Å². The minimum absolute atomic E-state index is 0.00723. The van der Waals surface area contributed by atoms with Gasteiger partial charge in [-0.2, -0.15) is 0 Å². The van der Waals surface area contributed by atoms with Crippen molar-refractivity contribution >= 4 is 17.8 Å². The highest BCUT2D eigenvalue weighted by Crippen LogP contribution is 2.36. The molecule has 0 aliphatic carbocycles. The smallest absolute Gasteiger partial charge is 0.338 e. The van der Waals surface area contributed by atoms with Gasteiger partial charge in [-0.3, -0.25) is 4.79 Å². The Balaban J connectivity index is 1.31. The molecule has 0 aromatic heterocycles. The molecule has 2 aliphatic heterocycles. The van der Waals surface area contributed by atoms with Crippen LogP contribution in [0.5, 0.6) is 0 Å². The fraction of sp³-hybridized carbons (Fsp3) is 0.340. The topological polar surface area (TPSA) is 167 Å². The van der Waals surface area contributed by atoms with Gasteiger partial charge in [-0.1, -0.05) is 140 Å². The first-order chi connectivity index (χ1) is 31.3. The molecule has 0 saturated carbocycles. The summed E-state index contributed by atoms with van der Waals surface area (Å²) in [7, 11) is 1.22. The van der Waals surface area contributed by atoms with Crippen molar-refractivity contribution in [2.45, 2.75) is 94.7 Å². The molecule has 10 atom stereocenters. The van der Waals surface area contributed by atoms with Gasteiger partial charge in [0.05, 0.1) is 45.7 Å². The van der Waals surface area contributed by atoms with Crippen molar-refractivity contribution in [3.63, 3.8) is 0 Å². The van der Waals surface area contributed by atoms with Crippen LogP contribution in [0.15, 0.2) is 152 Å². The zero-order chi connectivity index (χ0) is 44.7. The number of nitrogens with one attached hydrogen (secondary N) is 1. The maximum absolute atomic E-state index is 14.2. The van der Waals surface area contributed by atoms with E-state index in [1.807, 2.05) is 121 Å². The highest BCUT2D eigenvalue weighted by atomic mass is 16.8. The molecule has 336 valence electrons. The maximum Gasteiger partial charge on any atom is 0.338 e. The number of carbonyl (C=O) groups is 3. The standard InChI is InChI=1S/C50H53NO13/c1-33(53)51-40-42(41(57-29-34-18-8-3-9-19-34)39(28-52)61-49(40)60-32-37-24-14-6-15-25-37)63-50-46(62-47(54)38-26-16-7-17-27-38)44(59-31-36-22-12-5-13-23-36)43(45(64-50)48(55)56-2)58-30-35-20-10-4-11-21-35/h3-27,39-46,49-50,52H,28-32H2,1-2H3,(H,51,53)/t39-,40-,41+,42-,43+,44+,45+,46-,49-,50-/m1/s1. The van der Waals surface area contributed by atoms with Gasteiger partial charge in [0.25, 0.3) is 0 Å². The Morgan fingerprint density at radius 3 is 1.47 bits per heavy atom. The molecule has 64 heavy (non-hydrogen) atoms. The molecule has 7 rings (SSSR count). The number of hydrogen-bond acceptors (Lipinski definition) is 13.